The van der Waals surface area contributed by atoms with Crippen LogP contribution in [-0.2, 0) is 14.3 Å². The summed E-state index contributed by atoms with van der Waals surface area (Å²) in [6, 6.07) is 8.61. The van der Waals surface area contributed by atoms with Crippen LogP contribution in [0.3, 0.4) is 0 Å². The van der Waals surface area contributed by atoms with Gasteiger partial charge in [0.2, 0.25) is 0 Å². The minimum atomic E-state index is -3.67. The van der Waals surface area contributed by atoms with Crippen LogP contribution >= 0.6 is 0 Å². The fourth-order valence-corrected chi connectivity index (χ4v) is 2.50. The molecule has 0 heterocycles. The van der Waals surface area contributed by atoms with Crippen LogP contribution in [-0.4, -0.2) is 15.0 Å². The highest BCUT2D eigenvalue weighted by molar-refractivity contribution is 7.86. The number of nitrogens with zero attached hydrogens (tertiary/aromatic N) is 1. The molecule has 1 aliphatic rings. The number of hydrogen-bond acceptors (Lipinski definition) is 4. The third kappa shape index (κ3) is 2.84. The lowest BCUT2D eigenvalue weighted by atomic mass is 10.2. The van der Waals surface area contributed by atoms with Crippen molar-refractivity contribution in [3.05, 3.63) is 29.8 Å². The van der Waals surface area contributed by atoms with Crippen LogP contribution in [0.2, 0.25) is 0 Å². The lowest BCUT2D eigenvalue weighted by Crippen LogP contribution is -2.09. The quantitative estimate of drug-likeness (QED) is 0.766. The van der Waals surface area contributed by atoms with Crippen LogP contribution in [0.1, 0.15) is 12.0 Å². The fraction of sp³-hybridized carbons (Fsp3) is 0.417. The van der Waals surface area contributed by atoms with E-state index in [2.05, 4.69) is 6.07 Å². The van der Waals surface area contributed by atoms with E-state index in [-0.39, 0.29) is 23.3 Å². The molecule has 90 valence electrons. The van der Waals surface area contributed by atoms with Crippen LogP contribution in [0.5, 0.6) is 0 Å². The van der Waals surface area contributed by atoms with E-state index >= 15 is 0 Å². The number of rotatable bonds is 4. The predicted octanol–water partition coefficient (Wildman–Crippen LogP) is 1.86. The second kappa shape index (κ2) is 4.47. The monoisotopic (exact) mass is 251 g/mol. The Bertz CT molecular complexity index is 542. The third-order valence-corrected chi connectivity index (χ3v) is 4.13. The Morgan fingerprint density at radius 2 is 2.06 bits per heavy atom. The summed E-state index contributed by atoms with van der Waals surface area (Å²) >= 11 is 0. The van der Waals surface area contributed by atoms with Gasteiger partial charge in [-0.05, 0) is 25.5 Å². The first-order valence-electron chi connectivity index (χ1n) is 5.38. The van der Waals surface area contributed by atoms with Crippen LogP contribution in [0.25, 0.3) is 0 Å². The highest BCUT2D eigenvalue weighted by Gasteiger charge is 2.38. The summed E-state index contributed by atoms with van der Waals surface area (Å²) in [4.78, 5) is 0.164. The molecule has 0 unspecified atom stereocenters. The van der Waals surface area contributed by atoms with Crippen molar-refractivity contribution < 1.29 is 12.6 Å². The van der Waals surface area contributed by atoms with Gasteiger partial charge in [-0.25, -0.2) is 0 Å². The second-order valence-electron chi connectivity index (χ2n) is 4.28. The van der Waals surface area contributed by atoms with Crippen molar-refractivity contribution in [2.45, 2.75) is 18.2 Å². The van der Waals surface area contributed by atoms with Crippen molar-refractivity contribution in [2.24, 2.45) is 11.8 Å². The number of hydrogen-bond donors (Lipinski definition) is 0. The minimum Gasteiger partial charge on any atom is -0.266 e. The highest BCUT2D eigenvalue weighted by atomic mass is 32.2. The van der Waals surface area contributed by atoms with Gasteiger partial charge in [0.1, 0.15) is 0 Å². The van der Waals surface area contributed by atoms with Gasteiger partial charge in [-0.3, -0.25) is 4.18 Å². The summed E-state index contributed by atoms with van der Waals surface area (Å²) in [7, 11) is -3.67. The van der Waals surface area contributed by atoms with Gasteiger partial charge in [0, 0.05) is 5.92 Å². The number of benzene rings is 1. The standard InChI is InChI=1S/C12H13NO3S/c1-9-2-4-12(5-3-9)17(14,15)16-8-11-6-10(11)7-13/h2-5,10-11H,6,8H2,1H3/t10-,11-/m0/s1. The summed E-state index contributed by atoms with van der Waals surface area (Å²) < 4.78 is 28.5. The van der Waals surface area contributed by atoms with Gasteiger partial charge in [0.25, 0.3) is 10.1 Å². The average Bonchev–Trinajstić information content (AvgIpc) is 3.06. The largest absolute Gasteiger partial charge is 0.296 e. The van der Waals surface area contributed by atoms with E-state index in [4.69, 9.17) is 9.44 Å². The molecule has 0 bridgehead atoms. The highest BCUT2D eigenvalue weighted by Crippen LogP contribution is 2.38. The molecule has 2 atom stereocenters. The average molecular weight is 251 g/mol. The maximum Gasteiger partial charge on any atom is 0.296 e. The van der Waals surface area contributed by atoms with Gasteiger partial charge < -0.3 is 0 Å². The third-order valence-electron chi connectivity index (χ3n) is 2.84. The molecule has 1 aromatic rings. The summed E-state index contributed by atoms with van der Waals surface area (Å²) in [5, 5.41) is 8.60. The molecular weight excluding hydrogens is 238 g/mol. The number of nitriles is 1. The van der Waals surface area contributed by atoms with Crippen molar-refractivity contribution in [2.75, 3.05) is 6.61 Å². The van der Waals surface area contributed by atoms with Crippen molar-refractivity contribution in [3.63, 3.8) is 0 Å². The fourth-order valence-electron chi connectivity index (χ4n) is 1.54. The molecule has 17 heavy (non-hydrogen) atoms. The van der Waals surface area contributed by atoms with Crippen LogP contribution in [0.4, 0.5) is 0 Å². The molecule has 5 heteroatoms. The zero-order valence-corrected chi connectivity index (χ0v) is 10.3. The topological polar surface area (TPSA) is 67.2 Å². The van der Waals surface area contributed by atoms with Gasteiger partial charge in [-0.2, -0.15) is 13.7 Å². The van der Waals surface area contributed by atoms with E-state index < -0.39 is 10.1 Å². The van der Waals surface area contributed by atoms with E-state index in [1.165, 1.54) is 12.1 Å². The molecule has 0 aliphatic heterocycles. The lowest BCUT2D eigenvalue weighted by molar-refractivity contribution is 0.298. The maximum atomic E-state index is 11.8. The molecule has 4 nitrogen and oxygen atoms in total. The predicted molar refractivity (Wildman–Crippen MR) is 61.5 cm³/mol. The molecule has 0 aromatic heterocycles. The molecule has 1 aromatic carbocycles. The van der Waals surface area contributed by atoms with Gasteiger partial charge in [0.05, 0.1) is 23.5 Å². The lowest BCUT2D eigenvalue weighted by Gasteiger charge is -2.04. The molecule has 0 saturated heterocycles. The molecular formula is C12H13NO3S. The SMILES string of the molecule is Cc1ccc(S(=O)(=O)OC[C@@H]2C[C@H]2C#N)cc1. The zero-order chi connectivity index (χ0) is 12.5. The van der Waals surface area contributed by atoms with Gasteiger partial charge in [-0.15, -0.1) is 0 Å². The van der Waals surface area contributed by atoms with Crippen LogP contribution in [0, 0.1) is 30.1 Å². The Hall–Kier alpha value is -1.38. The molecule has 1 fully saturated rings. The summed E-state index contributed by atoms with van der Waals surface area (Å²) in [5.41, 5.74) is 0.996. The normalized spacial score (nSPS) is 23.1. The maximum absolute atomic E-state index is 11.8. The summed E-state index contributed by atoms with van der Waals surface area (Å²) in [5.74, 6) is 0.0310. The van der Waals surface area contributed by atoms with Crippen molar-refractivity contribution in [1.82, 2.24) is 0 Å². The Kier molecular flexibility index (Phi) is 3.18. The van der Waals surface area contributed by atoms with Crippen molar-refractivity contribution >= 4 is 10.1 Å². The van der Waals surface area contributed by atoms with E-state index in [0.29, 0.717) is 0 Å². The molecule has 0 N–H and O–H groups in total. The van der Waals surface area contributed by atoms with Crippen molar-refractivity contribution in [1.29, 1.82) is 5.26 Å². The van der Waals surface area contributed by atoms with E-state index in [1.807, 2.05) is 6.92 Å². The van der Waals surface area contributed by atoms with Gasteiger partial charge in [0.15, 0.2) is 0 Å². The van der Waals surface area contributed by atoms with E-state index in [1.54, 1.807) is 12.1 Å². The van der Waals surface area contributed by atoms with Crippen molar-refractivity contribution in [3.8, 4) is 6.07 Å². The smallest absolute Gasteiger partial charge is 0.266 e. The van der Waals surface area contributed by atoms with Crippen LogP contribution in [0.15, 0.2) is 29.2 Å². The van der Waals surface area contributed by atoms with E-state index in [0.717, 1.165) is 12.0 Å². The first kappa shape index (κ1) is 12.1. The Balaban J connectivity index is 2.00. The summed E-state index contributed by atoms with van der Waals surface area (Å²) in [6.45, 7) is 1.99. The molecule has 2 rings (SSSR count). The first-order chi connectivity index (χ1) is 8.03. The molecule has 0 amide bonds. The van der Waals surface area contributed by atoms with Gasteiger partial charge in [-0.1, -0.05) is 17.7 Å². The number of aryl methyl sites for hydroxylation is 1. The summed E-state index contributed by atoms with van der Waals surface area (Å²) in [6.07, 6.45) is 0.736. The molecule has 0 spiro atoms. The first-order valence-corrected chi connectivity index (χ1v) is 6.79. The van der Waals surface area contributed by atoms with Gasteiger partial charge >= 0.3 is 0 Å². The second-order valence-corrected chi connectivity index (χ2v) is 5.90. The zero-order valence-electron chi connectivity index (χ0n) is 9.46. The molecule has 0 radical (unpaired) electrons. The minimum absolute atomic E-state index is 0.0387. The Labute approximate surface area is 101 Å². The molecule has 1 aliphatic carbocycles. The Morgan fingerprint density at radius 1 is 1.41 bits per heavy atom. The van der Waals surface area contributed by atoms with Crippen LogP contribution < -0.4 is 0 Å². The Morgan fingerprint density at radius 3 is 2.59 bits per heavy atom. The van der Waals surface area contributed by atoms with E-state index in [9.17, 15) is 8.42 Å². The molecule has 1 saturated carbocycles.